The van der Waals surface area contributed by atoms with E-state index in [-0.39, 0.29) is 12.0 Å². The van der Waals surface area contributed by atoms with Crippen LogP contribution in [-0.4, -0.2) is 59.7 Å². The first kappa shape index (κ1) is 24.7. The van der Waals surface area contributed by atoms with Crippen molar-refractivity contribution >= 4 is 29.3 Å². The fourth-order valence-corrected chi connectivity index (χ4v) is 4.85. The fraction of sp³-hybridized carbons (Fsp3) is 0.333. The van der Waals surface area contributed by atoms with Crippen molar-refractivity contribution in [2.45, 2.75) is 24.7 Å². The predicted molar refractivity (Wildman–Crippen MR) is 139 cm³/mol. The number of aromatic nitrogens is 1. The highest BCUT2D eigenvalue weighted by atomic mass is 35.5. The standard InChI is InChI=1S/C27H30ClN3O2S/c1-20-5-3-6-21(17-20)19-33-25(22-8-10-23(28)11-9-22)18-30-13-15-31(16-14-30)27(32)24-7-4-12-29-26(24)34-2/h3-12,17,25H,13-16,18-19H2,1-2H3/t25-/m1/s1. The van der Waals surface area contributed by atoms with Crippen molar-refractivity contribution in [1.82, 2.24) is 14.8 Å². The van der Waals surface area contributed by atoms with Crippen LogP contribution in [0.3, 0.4) is 0 Å². The molecular formula is C27H30ClN3O2S. The van der Waals surface area contributed by atoms with E-state index < -0.39 is 0 Å². The monoisotopic (exact) mass is 495 g/mol. The van der Waals surface area contributed by atoms with Crippen molar-refractivity contribution in [2.75, 3.05) is 39.0 Å². The van der Waals surface area contributed by atoms with Gasteiger partial charge < -0.3 is 9.64 Å². The van der Waals surface area contributed by atoms with E-state index in [1.807, 2.05) is 47.6 Å². The summed E-state index contributed by atoms with van der Waals surface area (Å²) in [4.78, 5) is 21.7. The first-order chi connectivity index (χ1) is 16.5. The van der Waals surface area contributed by atoms with E-state index in [1.54, 1.807) is 6.20 Å². The average Bonchev–Trinajstić information content (AvgIpc) is 2.87. The summed E-state index contributed by atoms with van der Waals surface area (Å²) in [6.45, 7) is 6.38. The van der Waals surface area contributed by atoms with Gasteiger partial charge in [0, 0.05) is 43.9 Å². The zero-order valence-corrected chi connectivity index (χ0v) is 21.2. The Hall–Kier alpha value is -2.38. The van der Waals surface area contributed by atoms with Crippen molar-refractivity contribution in [3.8, 4) is 0 Å². The first-order valence-electron chi connectivity index (χ1n) is 11.5. The number of halogens is 1. The Balaban J connectivity index is 1.39. The van der Waals surface area contributed by atoms with Crippen LogP contribution in [0.25, 0.3) is 0 Å². The lowest BCUT2D eigenvalue weighted by molar-refractivity contribution is 0.00337. The van der Waals surface area contributed by atoms with E-state index in [2.05, 4.69) is 41.1 Å². The number of carbonyl (C=O) groups excluding carboxylic acids is 1. The summed E-state index contributed by atoms with van der Waals surface area (Å²) < 4.78 is 6.41. The van der Waals surface area contributed by atoms with Crippen LogP contribution in [0.2, 0.25) is 5.02 Å². The maximum absolute atomic E-state index is 13.1. The number of carbonyl (C=O) groups is 1. The Morgan fingerprint density at radius 2 is 1.85 bits per heavy atom. The van der Waals surface area contributed by atoms with Gasteiger partial charge in [0.05, 0.1) is 18.3 Å². The third-order valence-electron chi connectivity index (χ3n) is 6.05. The summed E-state index contributed by atoms with van der Waals surface area (Å²) in [7, 11) is 0. The molecule has 0 aliphatic carbocycles. The van der Waals surface area contributed by atoms with Gasteiger partial charge in [0.25, 0.3) is 5.91 Å². The Bertz CT molecular complexity index is 1100. The van der Waals surface area contributed by atoms with Gasteiger partial charge in [0.15, 0.2) is 0 Å². The Labute approximate surface area is 211 Å². The predicted octanol–water partition coefficient (Wildman–Crippen LogP) is 5.48. The van der Waals surface area contributed by atoms with E-state index >= 15 is 0 Å². The molecule has 0 radical (unpaired) electrons. The molecular weight excluding hydrogens is 466 g/mol. The minimum absolute atomic E-state index is 0.0575. The van der Waals surface area contributed by atoms with Crippen molar-refractivity contribution in [3.63, 3.8) is 0 Å². The molecule has 0 unspecified atom stereocenters. The Kier molecular flexibility index (Phi) is 8.62. The second-order valence-corrected chi connectivity index (χ2v) is 9.72. The van der Waals surface area contributed by atoms with E-state index in [4.69, 9.17) is 16.3 Å². The number of hydrogen-bond donors (Lipinski definition) is 0. The number of nitrogens with zero attached hydrogens (tertiary/aromatic N) is 3. The summed E-state index contributed by atoms with van der Waals surface area (Å²) in [6, 6.07) is 20.0. The minimum Gasteiger partial charge on any atom is -0.368 e. The van der Waals surface area contributed by atoms with Gasteiger partial charge in [0.1, 0.15) is 5.03 Å². The lowest BCUT2D eigenvalue weighted by Gasteiger charge is -2.36. The van der Waals surface area contributed by atoms with Gasteiger partial charge in [-0.2, -0.15) is 0 Å². The topological polar surface area (TPSA) is 45.7 Å². The van der Waals surface area contributed by atoms with Gasteiger partial charge in [0.2, 0.25) is 0 Å². The van der Waals surface area contributed by atoms with Crippen LogP contribution >= 0.6 is 23.4 Å². The molecule has 5 nitrogen and oxygen atoms in total. The van der Waals surface area contributed by atoms with E-state index in [0.29, 0.717) is 30.3 Å². The van der Waals surface area contributed by atoms with Gasteiger partial charge in [-0.05, 0) is 48.6 Å². The molecule has 3 aromatic rings. The minimum atomic E-state index is -0.0820. The van der Waals surface area contributed by atoms with Crippen molar-refractivity contribution < 1.29 is 9.53 Å². The van der Waals surface area contributed by atoms with Crippen molar-refractivity contribution in [1.29, 1.82) is 0 Å². The largest absolute Gasteiger partial charge is 0.368 e. The summed E-state index contributed by atoms with van der Waals surface area (Å²) in [6.07, 6.45) is 3.60. The van der Waals surface area contributed by atoms with Gasteiger partial charge in [-0.1, -0.05) is 53.6 Å². The maximum Gasteiger partial charge on any atom is 0.256 e. The number of pyridine rings is 1. The number of amides is 1. The molecule has 0 bridgehead atoms. The number of piperazine rings is 1. The smallest absolute Gasteiger partial charge is 0.256 e. The highest BCUT2D eigenvalue weighted by molar-refractivity contribution is 7.98. The number of benzene rings is 2. The zero-order valence-electron chi connectivity index (χ0n) is 19.6. The highest BCUT2D eigenvalue weighted by Crippen LogP contribution is 2.24. The van der Waals surface area contributed by atoms with Crippen molar-refractivity contribution in [2.24, 2.45) is 0 Å². The quantitative estimate of drug-likeness (QED) is 0.387. The average molecular weight is 496 g/mol. The molecule has 4 rings (SSSR count). The highest BCUT2D eigenvalue weighted by Gasteiger charge is 2.26. The molecule has 0 spiro atoms. The second-order valence-electron chi connectivity index (χ2n) is 8.49. The van der Waals surface area contributed by atoms with Crippen LogP contribution in [-0.2, 0) is 11.3 Å². The normalized spacial score (nSPS) is 15.3. The van der Waals surface area contributed by atoms with E-state index in [9.17, 15) is 4.79 Å². The van der Waals surface area contributed by atoms with E-state index in [1.165, 1.54) is 17.3 Å². The molecule has 34 heavy (non-hydrogen) atoms. The molecule has 2 heterocycles. The van der Waals surface area contributed by atoms with Crippen LogP contribution in [0.5, 0.6) is 0 Å². The summed E-state index contributed by atoms with van der Waals surface area (Å²) >= 11 is 7.63. The molecule has 1 aliphatic heterocycles. The Morgan fingerprint density at radius 1 is 1.09 bits per heavy atom. The molecule has 0 saturated carbocycles. The molecule has 0 N–H and O–H groups in total. The number of ether oxygens (including phenoxy) is 1. The summed E-state index contributed by atoms with van der Waals surface area (Å²) in [5, 5.41) is 1.50. The zero-order chi connectivity index (χ0) is 23.9. The van der Waals surface area contributed by atoms with Gasteiger partial charge in [-0.15, -0.1) is 11.8 Å². The number of hydrogen-bond acceptors (Lipinski definition) is 5. The molecule has 7 heteroatoms. The van der Waals surface area contributed by atoms with Crippen molar-refractivity contribution in [3.05, 3.63) is 94.1 Å². The number of rotatable bonds is 8. The number of thioether (sulfide) groups is 1. The van der Waals surface area contributed by atoms with Crippen LogP contribution in [0.4, 0.5) is 0 Å². The van der Waals surface area contributed by atoms with Gasteiger partial charge in [-0.3, -0.25) is 9.69 Å². The summed E-state index contributed by atoms with van der Waals surface area (Å²) in [5.41, 5.74) is 4.18. The molecule has 1 amide bonds. The Morgan fingerprint density at radius 3 is 2.56 bits per heavy atom. The lowest BCUT2D eigenvalue weighted by Crippen LogP contribution is -2.49. The fourth-order valence-electron chi connectivity index (χ4n) is 4.19. The lowest BCUT2D eigenvalue weighted by atomic mass is 10.1. The van der Waals surface area contributed by atoms with Crippen LogP contribution in [0.15, 0.2) is 71.9 Å². The maximum atomic E-state index is 13.1. The van der Waals surface area contributed by atoms with Gasteiger partial charge in [-0.25, -0.2) is 4.98 Å². The number of aryl methyl sites for hydroxylation is 1. The molecule has 1 aromatic heterocycles. The molecule has 178 valence electrons. The third kappa shape index (κ3) is 6.39. The second kappa shape index (κ2) is 11.8. The third-order valence-corrected chi connectivity index (χ3v) is 7.02. The molecule has 1 fully saturated rings. The molecule has 1 saturated heterocycles. The summed E-state index contributed by atoms with van der Waals surface area (Å²) in [5.74, 6) is 0.0575. The first-order valence-corrected chi connectivity index (χ1v) is 13.1. The molecule has 1 atom stereocenters. The van der Waals surface area contributed by atoms with E-state index in [0.717, 1.165) is 35.8 Å². The van der Waals surface area contributed by atoms with Crippen LogP contribution < -0.4 is 0 Å². The van der Waals surface area contributed by atoms with Gasteiger partial charge >= 0.3 is 0 Å². The van der Waals surface area contributed by atoms with Crippen LogP contribution in [0.1, 0.15) is 33.2 Å². The SMILES string of the molecule is CSc1ncccc1C(=O)N1CCN(C[C@@H](OCc2cccc(C)c2)c2ccc(Cl)cc2)CC1. The molecule has 1 aliphatic rings. The molecule has 2 aromatic carbocycles. The van der Waals surface area contributed by atoms with Crippen LogP contribution in [0, 0.1) is 6.92 Å².